The third-order valence-electron chi connectivity index (χ3n) is 4.60. The van der Waals surface area contributed by atoms with Gasteiger partial charge in [0, 0.05) is 32.1 Å². The topological polar surface area (TPSA) is 49.6 Å². The van der Waals surface area contributed by atoms with Gasteiger partial charge in [0.2, 0.25) is 5.91 Å². The van der Waals surface area contributed by atoms with Crippen LogP contribution >= 0.6 is 0 Å². The molecule has 118 valence electrons. The first-order valence-electron chi connectivity index (χ1n) is 7.93. The summed E-state index contributed by atoms with van der Waals surface area (Å²) < 4.78 is 0. The van der Waals surface area contributed by atoms with Gasteiger partial charge in [0.15, 0.2) is 0 Å². The van der Waals surface area contributed by atoms with E-state index in [1.807, 2.05) is 0 Å². The maximum Gasteiger partial charge on any atom is 0.222 e. The van der Waals surface area contributed by atoms with Gasteiger partial charge in [0.05, 0.1) is 0 Å². The van der Waals surface area contributed by atoms with Crippen molar-refractivity contribution in [1.82, 2.24) is 9.80 Å². The molecular weight excluding hydrogens is 250 g/mol. The highest BCUT2D eigenvalue weighted by Crippen LogP contribution is 2.32. The van der Waals surface area contributed by atoms with Crippen LogP contribution in [0, 0.1) is 11.3 Å². The molecule has 0 aromatic carbocycles. The van der Waals surface area contributed by atoms with E-state index in [2.05, 4.69) is 44.5 Å². The van der Waals surface area contributed by atoms with E-state index >= 15 is 0 Å². The number of hydrogen-bond acceptors (Lipinski definition) is 3. The smallest absolute Gasteiger partial charge is 0.222 e. The van der Waals surface area contributed by atoms with Crippen molar-refractivity contribution in [3.05, 3.63) is 0 Å². The Balaban J connectivity index is 2.49. The Morgan fingerprint density at radius 2 is 1.95 bits per heavy atom. The number of amides is 1. The summed E-state index contributed by atoms with van der Waals surface area (Å²) in [6.07, 6.45) is 2.63. The van der Waals surface area contributed by atoms with E-state index in [0.29, 0.717) is 30.8 Å². The fourth-order valence-electron chi connectivity index (χ4n) is 3.16. The van der Waals surface area contributed by atoms with Crippen LogP contribution in [0.2, 0.25) is 0 Å². The van der Waals surface area contributed by atoms with E-state index in [1.165, 1.54) is 0 Å². The van der Waals surface area contributed by atoms with Crippen molar-refractivity contribution in [2.75, 3.05) is 33.2 Å². The Labute approximate surface area is 124 Å². The molecule has 1 saturated heterocycles. The van der Waals surface area contributed by atoms with E-state index < -0.39 is 0 Å². The van der Waals surface area contributed by atoms with E-state index in [0.717, 1.165) is 32.5 Å². The molecule has 0 radical (unpaired) electrons. The minimum Gasteiger partial charge on any atom is -0.337 e. The standard InChI is InChI=1S/C16H33N3O/c1-13-12-18(5)10-11-19(13)15(20)7-6-14(8-9-17)16(2,3)4/h13-14H,6-12,17H2,1-5H3. The molecule has 0 aliphatic carbocycles. The minimum absolute atomic E-state index is 0.230. The maximum absolute atomic E-state index is 12.4. The highest BCUT2D eigenvalue weighted by molar-refractivity contribution is 5.76. The second kappa shape index (κ2) is 7.41. The summed E-state index contributed by atoms with van der Waals surface area (Å²) in [6.45, 7) is 12.4. The van der Waals surface area contributed by atoms with Gasteiger partial charge in [-0.3, -0.25) is 4.79 Å². The molecule has 2 unspecified atom stereocenters. The number of piperazine rings is 1. The van der Waals surface area contributed by atoms with Crippen molar-refractivity contribution in [1.29, 1.82) is 0 Å². The Hall–Kier alpha value is -0.610. The molecule has 1 aliphatic heterocycles. The molecule has 2 atom stereocenters. The molecule has 1 amide bonds. The zero-order valence-electron chi connectivity index (χ0n) is 14.0. The Bertz CT molecular complexity index is 311. The van der Waals surface area contributed by atoms with Crippen molar-refractivity contribution in [3.8, 4) is 0 Å². The van der Waals surface area contributed by atoms with Crippen LogP contribution in [0.1, 0.15) is 47.0 Å². The largest absolute Gasteiger partial charge is 0.337 e. The monoisotopic (exact) mass is 283 g/mol. The average Bonchev–Trinajstić information content (AvgIpc) is 2.32. The van der Waals surface area contributed by atoms with Gasteiger partial charge in [-0.15, -0.1) is 0 Å². The van der Waals surface area contributed by atoms with Crippen molar-refractivity contribution in [3.63, 3.8) is 0 Å². The van der Waals surface area contributed by atoms with Crippen molar-refractivity contribution in [2.45, 2.75) is 53.0 Å². The third-order valence-corrected chi connectivity index (χ3v) is 4.60. The van der Waals surface area contributed by atoms with Gasteiger partial charge in [-0.2, -0.15) is 0 Å². The molecule has 4 nitrogen and oxygen atoms in total. The summed E-state index contributed by atoms with van der Waals surface area (Å²) in [5, 5.41) is 0. The van der Waals surface area contributed by atoms with E-state index in [-0.39, 0.29) is 5.41 Å². The Morgan fingerprint density at radius 1 is 1.30 bits per heavy atom. The lowest BCUT2D eigenvalue weighted by Gasteiger charge is -2.39. The molecule has 0 spiro atoms. The predicted molar refractivity (Wildman–Crippen MR) is 84.5 cm³/mol. The second-order valence-corrected chi connectivity index (χ2v) is 7.38. The Morgan fingerprint density at radius 3 is 2.45 bits per heavy atom. The van der Waals surface area contributed by atoms with Crippen LogP contribution < -0.4 is 5.73 Å². The second-order valence-electron chi connectivity index (χ2n) is 7.38. The lowest BCUT2D eigenvalue weighted by Crippen LogP contribution is -2.52. The highest BCUT2D eigenvalue weighted by atomic mass is 16.2. The molecule has 4 heteroatoms. The summed E-state index contributed by atoms with van der Waals surface area (Å²) in [7, 11) is 2.12. The summed E-state index contributed by atoms with van der Waals surface area (Å²) in [5.41, 5.74) is 5.94. The molecule has 1 heterocycles. The zero-order chi connectivity index (χ0) is 15.3. The number of rotatable bonds is 5. The number of nitrogens with zero attached hydrogens (tertiary/aromatic N) is 2. The summed E-state index contributed by atoms with van der Waals surface area (Å²) in [5.74, 6) is 0.844. The number of carbonyl (C=O) groups excluding carboxylic acids is 1. The van der Waals surface area contributed by atoms with Gasteiger partial charge in [0.1, 0.15) is 0 Å². The highest BCUT2D eigenvalue weighted by Gasteiger charge is 2.28. The molecule has 1 fully saturated rings. The van der Waals surface area contributed by atoms with E-state index in [1.54, 1.807) is 0 Å². The molecule has 20 heavy (non-hydrogen) atoms. The molecule has 0 saturated carbocycles. The first kappa shape index (κ1) is 17.4. The number of likely N-dealkylation sites (N-methyl/N-ethyl adjacent to an activating group) is 1. The van der Waals surface area contributed by atoms with Crippen LogP contribution in [0.15, 0.2) is 0 Å². The molecule has 0 bridgehead atoms. The average molecular weight is 283 g/mol. The van der Waals surface area contributed by atoms with Crippen molar-refractivity contribution in [2.24, 2.45) is 17.1 Å². The number of carbonyl (C=O) groups is 1. The molecule has 2 N–H and O–H groups in total. The number of nitrogens with two attached hydrogens (primary N) is 1. The van der Waals surface area contributed by atoms with Crippen LogP contribution in [0.4, 0.5) is 0 Å². The van der Waals surface area contributed by atoms with Gasteiger partial charge < -0.3 is 15.5 Å². The predicted octanol–water partition coefficient (Wildman–Crippen LogP) is 1.94. The normalized spacial score (nSPS) is 22.9. The minimum atomic E-state index is 0.230. The molecular formula is C16H33N3O. The molecule has 0 aromatic heterocycles. The third kappa shape index (κ3) is 5.06. The first-order valence-corrected chi connectivity index (χ1v) is 7.93. The van der Waals surface area contributed by atoms with Gasteiger partial charge in [-0.25, -0.2) is 0 Å². The van der Waals surface area contributed by atoms with Crippen LogP contribution in [0.25, 0.3) is 0 Å². The van der Waals surface area contributed by atoms with Crippen LogP contribution in [-0.2, 0) is 4.79 Å². The first-order chi connectivity index (χ1) is 9.25. The lowest BCUT2D eigenvalue weighted by molar-refractivity contribution is -0.135. The van der Waals surface area contributed by atoms with E-state index in [4.69, 9.17) is 5.73 Å². The lowest BCUT2D eigenvalue weighted by atomic mass is 9.76. The van der Waals surface area contributed by atoms with Crippen LogP contribution in [0.3, 0.4) is 0 Å². The van der Waals surface area contributed by atoms with Gasteiger partial charge in [-0.05, 0) is 44.7 Å². The van der Waals surface area contributed by atoms with Crippen LogP contribution in [-0.4, -0.2) is 55.0 Å². The molecule has 0 aromatic rings. The zero-order valence-corrected chi connectivity index (χ0v) is 14.0. The van der Waals surface area contributed by atoms with Crippen molar-refractivity contribution >= 4 is 5.91 Å². The fraction of sp³-hybridized carbons (Fsp3) is 0.938. The fourth-order valence-corrected chi connectivity index (χ4v) is 3.16. The SMILES string of the molecule is CC1CN(C)CCN1C(=O)CCC(CCN)C(C)(C)C. The summed E-state index contributed by atoms with van der Waals surface area (Å²) in [4.78, 5) is 16.8. The summed E-state index contributed by atoms with van der Waals surface area (Å²) in [6, 6.07) is 0.337. The Kier molecular flexibility index (Phi) is 6.46. The maximum atomic E-state index is 12.4. The van der Waals surface area contributed by atoms with Gasteiger partial charge in [-0.1, -0.05) is 20.8 Å². The molecule has 1 rings (SSSR count). The van der Waals surface area contributed by atoms with Gasteiger partial charge >= 0.3 is 0 Å². The van der Waals surface area contributed by atoms with E-state index in [9.17, 15) is 4.79 Å². The molecule has 1 aliphatic rings. The number of hydrogen-bond donors (Lipinski definition) is 1. The summed E-state index contributed by atoms with van der Waals surface area (Å²) >= 11 is 0. The van der Waals surface area contributed by atoms with Gasteiger partial charge in [0.25, 0.3) is 0 Å². The van der Waals surface area contributed by atoms with Crippen LogP contribution in [0.5, 0.6) is 0 Å². The van der Waals surface area contributed by atoms with Crippen molar-refractivity contribution < 1.29 is 4.79 Å². The quantitative estimate of drug-likeness (QED) is 0.839.